The second-order valence-electron chi connectivity index (χ2n) is 6.18. The first-order valence-corrected chi connectivity index (χ1v) is 8.17. The van der Waals surface area contributed by atoms with Gasteiger partial charge in [-0.1, -0.05) is 44.2 Å². The van der Waals surface area contributed by atoms with Crippen LogP contribution < -0.4 is 0 Å². The SMILES string of the molecule is CC(C)[C@H](C(=O)N(C)CCCO)N(C)C(=O)OCc1ccccc1. The Morgan fingerprint density at radius 3 is 2.33 bits per heavy atom. The molecule has 0 aliphatic carbocycles. The maximum atomic E-state index is 12.6. The van der Waals surface area contributed by atoms with Gasteiger partial charge < -0.3 is 14.7 Å². The van der Waals surface area contributed by atoms with Crippen molar-refractivity contribution in [3.63, 3.8) is 0 Å². The highest BCUT2D eigenvalue weighted by atomic mass is 16.6. The highest BCUT2D eigenvalue weighted by molar-refractivity contribution is 5.85. The van der Waals surface area contributed by atoms with Gasteiger partial charge in [-0.2, -0.15) is 0 Å². The van der Waals surface area contributed by atoms with Crippen LogP contribution in [0.15, 0.2) is 30.3 Å². The number of hydrogen-bond donors (Lipinski definition) is 1. The van der Waals surface area contributed by atoms with Gasteiger partial charge in [0.25, 0.3) is 0 Å². The van der Waals surface area contributed by atoms with Crippen molar-refractivity contribution in [2.45, 2.75) is 32.9 Å². The van der Waals surface area contributed by atoms with Gasteiger partial charge in [-0.3, -0.25) is 9.69 Å². The van der Waals surface area contributed by atoms with Crippen molar-refractivity contribution in [1.82, 2.24) is 9.80 Å². The van der Waals surface area contributed by atoms with Crippen LogP contribution in [0.5, 0.6) is 0 Å². The largest absolute Gasteiger partial charge is 0.445 e. The van der Waals surface area contributed by atoms with Gasteiger partial charge in [-0.05, 0) is 17.9 Å². The van der Waals surface area contributed by atoms with E-state index in [1.54, 1.807) is 19.0 Å². The Morgan fingerprint density at radius 1 is 1.17 bits per heavy atom. The minimum absolute atomic E-state index is 0.0267. The molecule has 1 N–H and O–H groups in total. The molecular formula is C18H28N2O4. The number of rotatable bonds is 8. The summed E-state index contributed by atoms with van der Waals surface area (Å²) in [6.07, 6.45) is -0.0173. The molecule has 2 amide bonds. The summed E-state index contributed by atoms with van der Waals surface area (Å²) in [5.74, 6) is -0.207. The van der Waals surface area contributed by atoms with Gasteiger partial charge in [0.2, 0.25) is 5.91 Å². The second kappa shape index (κ2) is 9.93. The smallest absolute Gasteiger partial charge is 0.410 e. The molecule has 1 atom stereocenters. The summed E-state index contributed by atoms with van der Waals surface area (Å²) < 4.78 is 5.31. The fraction of sp³-hybridized carbons (Fsp3) is 0.556. The van der Waals surface area contributed by atoms with E-state index in [0.717, 1.165) is 5.56 Å². The lowest BCUT2D eigenvalue weighted by atomic mass is 10.0. The van der Waals surface area contributed by atoms with Crippen LogP contribution in [0.1, 0.15) is 25.8 Å². The molecule has 0 unspecified atom stereocenters. The molecule has 0 heterocycles. The topological polar surface area (TPSA) is 70.1 Å². The summed E-state index contributed by atoms with van der Waals surface area (Å²) in [4.78, 5) is 27.8. The Morgan fingerprint density at radius 2 is 1.79 bits per heavy atom. The summed E-state index contributed by atoms with van der Waals surface area (Å²) in [5, 5.41) is 8.90. The molecule has 1 rings (SSSR count). The van der Waals surface area contributed by atoms with Crippen LogP contribution in [0, 0.1) is 5.92 Å². The minimum atomic E-state index is -0.600. The summed E-state index contributed by atoms with van der Waals surface area (Å²) in [6, 6.07) is 8.80. The molecule has 0 fully saturated rings. The van der Waals surface area contributed by atoms with E-state index in [-0.39, 0.29) is 25.0 Å². The number of likely N-dealkylation sites (N-methyl/N-ethyl adjacent to an activating group) is 2. The van der Waals surface area contributed by atoms with E-state index < -0.39 is 12.1 Å². The Labute approximate surface area is 144 Å². The molecule has 24 heavy (non-hydrogen) atoms. The zero-order valence-electron chi connectivity index (χ0n) is 14.9. The van der Waals surface area contributed by atoms with Gasteiger partial charge in [0.05, 0.1) is 0 Å². The van der Waals surface area contributed by atoms with E-state index >= 15 is 0 Å². The fourth-order valence-electron chi connectivity index (χ4n) is 2.48. The number of nitrogens with zero attached hydrogens (tertiary/aromatic N) is 2. The molecule has 1 aromatic rings. The van der Waals surface area contributed by atoms with Crippen LogP contribution in [0.3, 0.4) is 0 Å². The molecule has 0 aliphatic rings. The number of ether oxygens (including phenoxy) is 1. The van der Waals surface area contributed by atoms with Crippen molar-refractivity contribution in [3.8, 4) is 0 Å². The van der Waals surface area contributed by atoms with E-state index in [1.165, 1.54) is 4.90 Å². The highest BCUT2D eigenvalue weighted by Gasteiger charge is 2.32. The molecule has 0 bridgehead atoms. The quantitative estimate of drug-likeness (QED) is 0.789. The molecule has 1 aromatic carbocycles. The number of carbonyl (C=O) groups is 2. The van der Waals surface area contributed by atoms with Gasteiger partial charge in [0.15, 0.2) is 0 Å². The van der Waals surface area contributed by atoms with E-state index in [1.807, 2.05) is 44.2 Å². The third kappa shape index (κ3) is 5.85. The second-order valence-corrected chi connectivity index (χ2v) is 6.18. The molecule has 0 spiro atoms. The summed E-state index contributed by atoms with van der Waals surface area (Å²) in [5.41, 5.74) is 0.895. The number of benzene rings is 1. The first-order chi connectivity index (χ1) is 11.4. The van der Waals surface area contributed by atoms with E-state index in [9.17, 15) is 9.59 Å². The minimum Gasteiger partial charge on any atom is -0.445 e. The van der Waals surface area contributed by atoms with Gasteiger partial charge >= 0.3 is 6.09 Å². The number of aliphatic hydroxyl groups excluding tert-OH is 1. The highest BCUT2D eigenvalue weighted by Crippen LogP contribution is 2.14. The number of hydrogen-bond acceptors (Lipinski definition) is 4. The van der Waals surface area contributed by atoms with Gasteiger partial charge in [-0.15, -0.1) is 0 Å². The van der Waals surface area contributed by atoms with Crippen LogP contribution in [0.4, 0.5) is 4.79 Å². The van der Waals surface area contributed by atoms with Crippen molar-refractivity contribution in [2.24, 2.45) is 5.92 Å². The zero-order valence-corrected chi connectivity index (χ0v) is 14.9. The van der Waals surface area contributed by atoms with Crippen LogP contribution in [-0.4, -0.2) is 60.2 Å². The average molecular weight is 336 g/mol. The lowest BCUT2D eigenvalue weighted by Crippen LogP contribution is -2.51. The van der Waals surface area contributed by atoms with Crippen molar-refractivity contribution in [1.29, 1.82) is 0 Å². The third-order valence-electron chi connectivity index (χ3n) is 3.82. The molecule has 0 aromatic heterocycles. The van der Waals surface area contributed by atoms with Gasteiger partial charge in [0.1, 0.15) is 12.6 Å². The molecule has 0 saturated carbocycles. The third-order valence-corrected chi connectivity index (χ3v) is 3.82. The molecule has 6 heteroatoms. The van der Waals surface area contributed by atoms with Crippen LogP contribution in [0.2, 0.25) is 0 Å². The maximum absolute atomic E-state index is 12.6. The van der Waals surface area contributed by atoms with E-state index in [0.29, 0.717) is 13.0 Å². The first kappa shape index (κ1) is 20.0. The molecule has 0 aliphatic heterocycles. The maximum Gasteiger partial charge on any atom is 0.410 e. The number of carbonyl (C=O) groups excluding carboxylic acids is 2. The summed E-state index contributed by atoms with van der Waals surface area (Å²) in [6.45, 7) is 4.43. The van der Waals surface area contributed by atoms with Crippen LogP contribution >= 0.6 is 0 Å². The fourth-order valence-corrected chi connectivity index (χ4v) is 2.48. The molecule has 0 saturated heterocycles. The lowest BCUT2D eigenvalue weighted by Gasteiger charge is -2.32. The van der Waals surface area contributed by atoms with Crippen molar-refractivity contribution < 1.29 is 19.4 Å². The van der Waals surface area contributed by atoms with Gasteiger partial charge in [0, 0.05) is 27.2 Å². The summed E-state index contributed by atoms with van der Waals surface area (Å²) >= 11 is 0. The standard InChI is InChI=1S/C18H28N2O4/c1-14(2)16(17(22)19(3)11-8-12-21)20(4)18(23)24-13-15-9-6-5-7-10-15/h5-7,9-10,14,16,21H,8,11-13H2,1-4H3/t16-/m1/s1. The predicted octanol–water partition coefficient (Wildman–Crippen LogP) is 2.12. The van der Waals surface area contributed by atoms with Gasteiger partial charge in [-0.25, -0.2) is 4.79 Å². The van der Waals surface area contributed by atoms with Crippen molar-refractivity contribution in [2.75, 3.05) is 27.2 Å². The Bertz CT molecular complexity index is 519. The average Bonchev–Trinajstić information content (AvgIpc) is 2.57. The van der Waals surface area contributed by atoms with E-state index in [2.05, 4.69) is 0 Å². The Kier molecular flexibility index (Phi) is 8.26. The normalized spacial score (nSPS) is 11.9. The number of aliphatic hydroxyl groups is 1. The van der Waals surface area contributed by atoms with Crippen molar-refractivity contribution >= 4 is 12.0 Å². The molecule has 6 nitrogen and oxygen atoms in total. The van der Waals surface area contributed by atoms with E-state index in [4.69, 9.17) is 9.84 Å². The number of amides is 2. The Hall–Kier alpha value is -2.08. The monoisotopic (exact) mass is 336 g/mol. The van der Waals surface area contributed by atoms with Crippen molar-refractivity contribution in [3.05, 3.63) is 35.9 Å². The van der Waals surface area contributed by atoms with Crippen LogP contribution in [0.25, 0.3) is 0 Å². The first-order valence-electron chi connectivity index (χ1n) is 8.17. The Balaban J connectivity index is 2.69. The predicted molar refractivity (Wildman–Crippen MR) is 92.4 cm³/mol. The molecular weight excluding hydrogens is 308 g/mol. The summed E-state index contributed by atoms with van der Waals surface area (Å²) in [7, 11) is 3.26. The lowest BCUT2D eigenvalue weighted by molar-refractivity contribution is -0.136. The molecule has 134 valence electrons. The molecule has 0 radical (unpaired) electrons. The van der Waals surface area contributed by atoms with Crippen LogP contribution in [-0.2, 0) is 16.1 Å². The zero-order chi connectivity index (χ0) is 18.1.